The maximum absolute atomic E-state index is 13.7. The van der Waals surface area contributed by atoms with Crippen molar-refractivity contribution in [1.82, 2.24) is 9.78 Å². The van der Waals surface area contributed by atoms with Crippen LogP contribution in [0.25, 0.3) is 0 Å². The van der Waals surface area contributed by atoms with Crippen LogP contribution in [0.2, 0.25) is 0 Å². The minimum absolute atomic E-state index is 0.0703. The molecule has 0 aliphatic carbocycles. The maximum atomic E-state index is 13.7. The van der Waals surface area contributed by atoms with E-state index in [1.165, 1.54) is 29.2 Å². The predicted octanol–water partition coefficient (Wildman–Crippen LogP) is 5.59. The number of carbonyl (C=O) groups excluding carboxylic acids is 2. The van der Waals surface area contributed by atoms with Gasteiger partial charge >= 0.3 is 6.18 Å². The molecule has 0 bridgehead atoms. The molecule has 2 atom stereocenters. The van der Waals surface area contributed by atoms with Crippen molar-refractivity contribution in [3.63, 3.8) is 0 Å². The zero-order valence-corrected chi connectivity index (χ0v) is 19.6. The molecule has 35 heavy (non-hydrogen) atoms. The number of halogens is 4. The topological polar surface area (TPSA) is 55.2 Å². The fourth-order valence-electron chi connectivity index (χ4n) is 4.88. The number of hydrogen-bond donors (Lipinski definition) is 0. The second-order valence-corrected chi connectivity index (χ2v) is 8.81. The number of fused-ring (bicyclic) bond motifs is 1. The average Bonchev–Trinajstić information content (AvgIpc) is 3.09. The molecule has 0 saturated heterocycles. The van der Waals surface area contributed by atoms with E-state index in [2.05, 4.69) is 5.10 Å². The summed E-state index contributed by atoms with van der Waals surface area (Å²) >= 11 is 0. The monoisotopic (exact) mass is 487 g/mol. The summed E-state index contributed by atoms with van der Waals surface area (Å²) in [6.07, 6.45) is -4.69. The third kappa shape index (κ3) is 4.85. The Bertz CT molecular complexity index is 1260. The van der Waals surface area contributed by atoms with Gasteiger partial charge in [-0.2, -0.15) is 18.3 Å². The number of aromatic nitrogens is 2. The molecule has 0 unspecified atom stereocenters. The smallest absolute Gasteiger partial charge is 0.297 e. The fourth-order valence-corrected chi connectivity index (χ4v) is 4.88. The summed E-state index contributed by atoms with van der Waals surface area (Å²) in [4.78, 5) is 28.2. The highest BCUT2D eigenvalue weighted by molar-refractivity contribution is 6.04. The first-order valence-corrected chi connectivity index (χ1v) is 11.3. The number of amides is 1. The predicted molar refractivity (Wildman–Crippen MR) is 123 cm³/mol. The molecule has 0 N–H and O–H groups in total. The van der Waals surface area contributed by atoms with Crippen LogP contribution in [0.1, 0.15) is 52.0 Å². The molecule has 184 valence electrons. The van der Waals surface area contributed by atoms with Crippen LogP contribution in [0, 0.1) is 25.6 Å². The van der Waals surface area contributed by atoms with Crippen LogP contribution in [0.3, 0.4) is 0 Å². The fraction of sp³-hybridized carbons (Fsp3) is 0.346. The molecule has 0 radical (unpaired) electrons. The molecule has 9 heteroatoms. The van der Waals surface area contributed by atoms with Gasteiger partial charge in [0.05, 0.1) is 11.6 Å². The van der Waals surface area contributed by atoms with E-state index in [-0.39, 0.29) is 24.6 Å². The second-order valence-electron chi connectivity index (χ2n) is 8.81. The van der Waals surface area contributed by atoms with E-state index >= 15 is 0 Å². The van der Waals surface area contributed by atoms with Gasteiger partial charge in [-0.25, -0.2) is 9.07 Å². The number of benzene rings is 2. The molecular weight excluding hydrogens is 462 g/mol. The highest BCUT2D eigenvalue weighted by Crippen LogP contribution is 2.47. The number of carbonyl (C=O) groups is 2. The normalized spacial score (nSPS) is 18.0. The number of hydrogen-bond acceptors (Lipinski definition) is 3. The standard InChI is InChI=1S/C26H25F4N3O2/c1-4-32-24-22(16(3)31-33(24)14-26(28,29)30)23(17-8-10-19(27)11-9-17)20(25(32)35)13-21(34)18-7-5-6-15(2)12-18/h5-12,20,23H,4,13-14H2,1-3H3/t20-,23+/m0/s1. The minimum Gasteiger partial charge on any atom is -0.297 e. The largest absolute Gasteiger partial charge is 0.408 e. The zero-order chi connectivity index (χ0) is 25.5. The summed E-state index contributed by atoms with van der Waals surface area (Å²) in [6.45, 7) is 3.87. The minimum atomic E-state index is -4.54. The molecule has 0 fully saturated rings. The van der Waals surface area contributed by atoms with Crippen LogP contribution in [-0.2, 0) is 11.3 Å². The molecule has 3 aromatic rings. The SMILES string of the molecule is CCN1C(=O)[C@@H](CC(=O)c2cccc(C)c2)[C@@H](c2ccc(F)cc2)c2c(C)nn(CC(F)(F)F)c21. The van der Waals surface area contributed by atoms with E-state index in [0.717, 1.165) is 10.2 Å². The van der Waals surface area contributed by atoms with Crippen molar-refractivity contribution in [2.75, 3.05) is 11.4 Å². The van der Waals surface area contributed by atoms with Gasteiger partial charge in [-0.15, -0.1) is 0 Å². The lowest BCUT2D eigenvalue weighted by molar-refractivity contribution is -0.142. The highest BCUT2D eigenvalue weighted by atomic mass is 19.4. The summed E-state index contributed by atoms with van der Waals surface area (Å²) in [5.74, 6) is -2.76. The molecule has 5 nitrogen and oxygen atoms in total. The first-order valence-electron chi connectivity index (χ1n) is 11.3. The molecule has 1 aromatic heterocycles. The quantitative estimate of drug-likeness (QED) is 0.337. The van der Waals surface area contributed by atoms with E-state index in [1.807, 2.05) is 13.0 Å². The summed E-state index contributed by atoms with van der Waals surface area (Å²) in [7, 11) is 0. The van der Waals surface area contributed by atoms with E-state index in [9.17, 15) is 27.2 Å². The zero-order valence-electron chi connectivity index (χ0n) is 19.6. The molecule has 1 aliphatic heterocycles. The lowest BCUT2D eigenvalue weighted by atomic mass is 9.74. The van der Waals surface area contributed by atoms with Crippen LogP contribution in [-0.4, -0.2) is 34.2 Å². The van der Waals surface area contributed by atoms with Gasteiger partial charge in [0, 0.05) is 30.0 Å². The van der Waals surface area contributed by atoms with E-state index in [0.29, 0.717) is 22.4 Å². The average molecular weight is 487 g/mol. The van der Waals surface area contributed by atoms with Crippen LogP contribution in [0.15, 0.2) is 48.5 Å². The van der Waals surface area contributed by atoms with Gasteiger partial charge < -0.3 is 0 Å². The Balaban J connectivity index is 1.87. The number of Topliss-reactive ketones (excluding diaryl/α,β-unsaturated/α-hetero) is 1. The Morgan fingerprint density at radius 1 is 1.09 bits per heavy atom. The first-order chi connectivity index (χ1) is 16.5. The Kier molecular flexibility index (Phi) is 6.53. The molecule has 2 aromatic carbocycles. The second kappa shape index (κ2) is 9.28. The van der Waals surface area contributed by atoms with E-state index in [1.54, 1.807) is 32.0 Å². The van der Waals surface area contributed by atoms with E-state index < -0.39 is 36.3 Å². The van der Waals surface area contributed by atoms with Gasteiger partial charge in [-0.1, -0.05) is 35.9 Å². The van der Waals surface area contributed by atoms with Gasteiger partial charge in [-0.3, -0.25) is 14.5 Å². The number of alkyl halides is 3. The number of aryl methyl sites for hydroxylation is 2. The molecule has 1 amide bonds. The number of anilines is 1. The Labute approximate surface area is 200 Å². The van der Waals surface area contributed by atoms with Crippen molar-refractivity contribution in [2.24, 2.45) is 5.92 Å². The lowest BCUT2D eigenvalue weighted by Crippen LogP contribution is -2.45. The van der Waals surface area contributed by atoms with E-state index in [4.69, 9.17) is 0 Å². The number of ketones is 1. The number of nitrogens with zero attached hydrogens (tertiary/aromatic N) is 3. The van der Waals surface area contributed by atoms with Gasteiger partial charge in [0.1, 0.15) is 18.2 Å². The van der Waals surface area contributed by atoms with Gasteiger partial charge in [0.25, 0.3) is 0 Å². The van der Waals surface area contributed by atoms with Crippen molar-refractivity contribution < 1.29 is 27.2 Å². The summed E-state index contributed by atoms with van der Waals surface area (Å²) < 4.78 is 54.5. The Morgan fingerprint density at radius 2 is 1.77 bits per heavy atom. The number of rotatable bonds is 6. The molecule has 2 heterocycles. The van der Waals surface area contributed by atoms with Crippen molar-refractivity contribution >= 4 is 17.5 Å². The van der Waals surface area contributed by atoms with Crippen LogP contribution in [0.5, 0.6) is 0 Å². The third-order valence-corrected chi connectivity index (χ3v) is 6.32. The summed E-state index contributed by atoms with van der Waals surface area (Å²) in [5, 5.41) is 4.13. The van der Waals surface area contributed by atoms with Crippen LogP contribution >= 0.6 is 0 Å². The van der Waals surface area contributed by atoms with Gasteiger partial charge in [-0.05, 0) is 44.5 Å². The molecule has 0 spiro atoms. The van der Waals surface area contributed by atoms with Crippen molar-refractivity contribution in [2.45, 2.75) is 45.8 Å². The van der Waals surface area contributed by atoms with Crippen molar-refractivity contribution in [3.05, 3.63) is 82.3 Å². The van der Waals surface area contributed by atoms with Crippen molar-refractivity contribution in [1.29, 1.82) is 0 Å². The van der Waals surface area contributed by atoms with Gasteiger partial charge in [0.2, 0.25) is 5.91 Å². The van der Waals surface area contributed by atoms with Crippen LogP contribution in [0.4, 0.5) is 23.4 Å². The summed E-state index contributed by atoms with van der Waals surface area (Å²) in [5.41, 5.74) is 2.66. The van der Waals surface area contributed by atoms with Crippen LogP contribution < -0.4 is 4.90 Å². The third-order valence-electron chi connectivity index (χ3n) is 6.32. The molecule has 0 saturated carbocycles. The first kappa shape index (κ1) is 24.6. The lowest BCUT2D eigenvalue weighted by Gasteiger charge is -2.38. The Hall–Kier alpha value is -3.49. The molecule has 4 rings (SSSR count). The maximum Gasteiger partial charge on any atom is 0.408 e. The molecular formula is C26H25F4N3O2. The summed E-state index contributed by atoms with van der Waals surface area (Å²) in [6, 6.07) is 12.5. The highest BCUT2D eigenvalue weighted by Gasteiger charge is 2.46. The van der Waals surface area contributed by atoms with Crippen molar-refractivity contribution in [3.8, 4) is 0 Å². The Morgan fingerprint density at radius 3 is 2.37 bits per heavy atom. The van der Waals surface area contributed by atoms with Gasteiger partial charge in [0.15, 0.2) is 5.78 Å². The molecule has 1 aliphatic rings.